The summed E-state index contributed by atoms with van der Waals surface area (Å²) >= 11 is 0. The number of ether oxygens (including phenoxy) is 1. The summed E-state index contributed by atoms with van der Waals surface area (Å²) in [5.41, 5.74) is 5.22. The predicted octanol–water partition coefficient (Wildman–Crippen LogP) is 5.71. The van der Waals surface area contributed by atoms with Gasteiger partial charge in [0, 0.05) is 21.9 Å². The Kier molecular flexibility index (Phi) is 6.16. The van der Waals surface area contributed by atoms with Crippen LogP contribution in [0.5, 0.6) is 11.5 Å². The summed E-state index contributed by atoms with van der Waals surface area (Å²) in [5, 5.41) is 1.72. The van der Waals surface area contributed by atoms with Crippen LogP contribution < -0.4 is 15.2 Å². The fourth-order valence-corrected chi connectivity index (χ4v) is 5.61. The molecule has 0 fully saturated rings. The average Bonchev–Trinajstić information content (AvgIpc) is 2.92. The van der Waals surface area contributed by atoms with Gasteiger partial charge in [-0.2, -0.15) is 8.42 Å². The van der Waals surface area contributed by atoms with E-state index in [1.807, 2.05) is 84.9 Å². The number of rotatable bonds is 5. The molecule has 0 atom stereocenters. The first kappa shape index (κ1) is 23.9. The molecule has 5 heteroatoms. The quantitative estimate of drug-likeness (QED) is 0.298. The second kappa shape index (κ2) is 9.78. The van der Waals surface area contributed by atoms with Crippen LogP contribution in [0.25, 0.3) is 11.6 Å². The van der Waals surface area contributed by atoms with E-state index >= 15 is 0 Å². The molecular weight excluding hydrogens is 492 g/mol. The second-order valence-corrected chi connectivity index (χ2v) is 10.6. The molecule has 4 nitrogen and oxygen atoms in total. The van der Waals surface area contributed by atoms with Gasteiger partial charge in [-0.15, -0.1) is 0 Å². The van der Waals surface area contributed by atoms with Crippen LogP contribution in [0.4, 0.5) is 0 Å². The zero-order chi connectivity index (χ0) is 26.1. The van der Waals surface area contributed by atoms with Crippen LogP contribution in [0.2, 0.25) is 0 Å². The van der Waals surface area contributed by atoms with Crippen molar-refractivity contribution in [2.75, 3.05) is 0 Å². The van der Waals surface area contributed by atoms with Gasteiger partial charge in [0.2, 0.25) is 0 Å². The molecule has 0 bridgehead atoms. The third-order valence-electron chi connectivity index (χ3n) is 6.63. The first-order chi connectivity index (χ1) is 18.5. The smallest absolute Gasteiger partial charge is 0.295 e. The summed E-state index contributed by atoms with van der Waals surface area (Å²) in [6, 6.07) is 38.7. The third kappa shape index (κ3) is 4.77. The molecule has 1 heterocycles. The fraction of sp³-hybridized carbons (Fsp3) is 0.0303. The molecule has 0 saturated heterocycles. The van der Waals surface area contributed by atoms with Crippen molar-refractivity contribution < 1.29 is 17.7 Å². The Balaban J connectivity index is 1.57. The average molecular weight is 517 g/mol. The van der Waals surface area contributed by atoms with Gasteiger partial charge in [-0.05, 0) is 58.7 Å². The van der Waals surface area contributed by atoms with Gasteiger partial charge < -0.3 is 4.74 Å². The number of benzene rings is 5. The van der Waals surface area contributed by atoms with Crippen LogP contribution in [-0.4, -0.2) is 13.0 Å². The van der Waals surface area contributed by atoms with Crippen molar-refractivity contribution in [2.45, 2.75) is 11.3 Å². The number of fused-ring (bicyclic) bond motifs is 2. The summed E-state index contributed by atoms with van der Waals surface area (Å²) in [5.74, 6) is 1.27. The maximum absolute atomic E-state index is 12.3. The highest BCUT2D eigenvalue weighted by atomic mass is 32.2. The normalized spacial score (nSPS) is 13.0. The Morgan fingerprint density at radius 3 is 2.13 bits per heavy atom. The standard InChI is InChI=1S/C33H24O4S/c34-38(35,36)32-14-8-7-13-29(32)33-27-17-15-25(19-23-9-3-1-4-10-23)21-30(27)37-31-22-26(16-18-28(31)33)20-24-11-5-2-6-12-24/h1-19,21-22H,20H2,(H,34,35,36)/b25-19+. The zero-order valence-corrected chi connectivity index (χ0v) is 21.2. The Labute approximate surface area is 221 Å². The molecule has 0 saturated carbocycles. The Hall–Kier alpha value is -4.45. The molecule has 186 valence electrons. The van der Waals surface area contributed by atoms with Crippen LogP contribution in [0.3, 0.4) is 0 Å². The summed E-state index contributed by atoms with van der Waals surface area (Å²) in [7, 11) is -4.45. The van der Waals surface area contributed by atoms with Gasteiger partial charge in [0.1, 0.15) is 16.4 Å². The predicted molar refractivity (Wildman–Crippen MR) is 149 cm³/mol. The van der Waals surface area contributed by atoms with E-state index in [9.17, 15) is 13.0 Å². The van der Waals surface area contributed by atoms with E-state index < -0.39 is 10.1 Å². The van der Waals surface area contributed by atoms with E-state index in [1.54, 1.807) is 18.2 Å². The number of hydrogen-bond donors (Lipinski definition) is 1. The van der Waals surface area contributed by atoms with Crippen molar-refractivity contribution in [3.63, 3.8) is 0 Å². The molecule has 1 N–H and O–H groups in total. The molecule has 5 aromatic rings. The molecule has 6 rings (SSSR count). The first-order valence-corrected chi connectivity index (χ1v) is 13.7. The second-order valence-electron chi connectivity index (χ2n) is 9.25. The van der Waals surface area contributed by atoms with Crippen LogP contribution >= 0.6 is 0 Å². The lowest BCUT2D eigenvalue weighted by molar-refractivity contribution is 0.470. The molecule has 0 radical (unpaired) electrons. The number of hydrogen-bond acceptors (Lipinski definition) is 3. The molecule has 1 aliphatic heterocycles. The van der Waals surface area contributed by atoms with E-state index in [0.717, 1.165) is 33.5 Å². The molecule has 0 amide bonds. The molecule has 0 spiro atoms. The van der Waals surface area contributed by atoms with Crippen LogP contribution in [-0.2, 0) is 16.5 Å². The van der Waals surface area contributed by atoms with Crippen molar-refractivity contribution in [3.8, 4) is 11.5 Å². The SMILES string of the molecule is O=S(=O)(O)c1ccccc1C1=c2cc/c(=C\c3ccccc3)cc2Oc2cc(Cc3ccccc3)ccc21. The van der Waals surface area contributed by atoms with Gasteiger partial charge in [-0.1, -0.05) is 97.1 Å². The maximum Gasteiger partial charge on any atom is 0.295 e. The van der Waals surface area contributed by atoms with E-state index in [-0.39, 0.29) is 4.90 Å². The molecule has 0 aromatic heterocycles. The lowest BCUT2D eigenvalue weighted by atomic mass is 9.91. The highest BCUT2D eigenvalue weighted by Crippen LogP contribution is 2.38. The lowest BCUT2D eigenvalue weighted by Crippen LogP contribution is -2.21. The largest absolute Gasteiger partial charge is 0.456 e. The van der Waals surface area contributed by atoms with E-state index in [4.69, 9.17) is 4.74 Å². The van der Waals surface area contributed by atoms with Crippen LogP contribution in [0, 0.1) is 0 Å². The molecular formula is C33H24O4S. The van der Waals surface area contributed by atoms with Gasteiger partial charge in [-0.25, -0.2) is 0 Å². The third-order valence-corrected chi connectivity index (χ3v) is 7.54. The van der Waals surface area contributed by atoms with Gasteiger partial charge in [-0.3, -0.25) is 4.55 Å². The molecule has 5 aromatic carbocycles. The van der Waals surface area contributed by atoms with E-state index in [1.165, 1.54) is 11.6 Å². The molecule has 1 aliphatic rings. The Bertz CT molecular complexity index is 1880. The van der Waals surface area contributed by atoms with Crippen LogP contribution in [0.15, 0.2) is 126 Å². The minimum Gasteiger partial charge on any atom is -0.456 e. The molecule has 0 aliphatic carbocycles. The van der Waals surface area contributed by atoms with E-state index in [0.29, 0.717) is 22.6 Å². The minimum absolute atomic E-state index is 0.137. The topological polar surface area (TPSA) is 63.6 Å². The van der Waals surface area contributed by atoms with E-state index in [2.05, 4.69) is 18.2 Å². The summed E-state index contributed by atoms with van der Waals surface area (Å²) in [6.45, 7) is 0. The van der Waals surface area contributed by atoms with Gasteiger partial charge in [0.15, 0.2) is 0 Å². The van der Waals surface area contributed by atoms with Crippen molar-refractivity contribution in [3.05, 3.63) is 160 Å². The summed E-state index contributed by atoms with van der Waals surface area (Å²) < 4.78 is 41.2. The minimum atomic E-state index is -4.45. The van der Waals surface area contributed by atoms with Gasteiger partial charge in [0.25, 0.3) is 10.1 Å². The van der Waals surface area contributed by atoms with Crippen molar-refractivity contribution in [1.29, 1.82) is 0 Å². The van der Waals surface area contributed by atoms with Crippen molar-refractivity contribution in [2.24, 2.45) is 0 Å². The summed E-state index contributed by atoms with van der Waals surface area (Å²) in [6.07, 6.45) is 2.81. The maximum atomic E-state index is 12.3. The fourth-order valence-electron chi connectivity index (χ4n) is 4.91. The summed E-state index contributed by atoms with van der Waals surface area (Å²) in [4.78, 5) is -0.137. The van der Waals surface area contributed by atoms with Crippen molar-refractivity contribution >= 4 is 21.8 Å². The lowest BCUT2D eigenvalue weighted by Gasteiger charge is -2.23. The Morgan fingerprint density at radius 1 is 0.658 bits per heavy atom. The van der Waals surface area contributed by atoms with Gasteiger partial charge >= 0.3 is 0 Å². The molecule has 38 heavy (non-hydrogen) atoms. The molecule has 0 unspecified atom stereocenters. The monoisotopic (exact) mass is 516 g/mol. The van der Waals surface area contributed by atoms with Crippen LogP contribution in [0.1, 0.15) is 27.8 Å². The van der Waals surface area contributed by atoms with Gasteiger partial charge in [0.05, 0.1) is 0 Å². The zero-order valence-electron chi connectivity index (χ0n) is 20.4. The van der Waals surface area contributed by atoms with Crippen molar-refractivity contribution in [1.82, 2.24) is 0 Å². The Morgan fingerprint density at radius 2 is 1.37 bits per heavy atom. The first-order valence-electron chi connectivity index (χ1n) is 12.3. The highest BCUT2D eigenvalue weighted by molar-refractivity contribution is 7.86. The highest BCUT2D eigenvalue weighted by Gasteiger charge is 2.25.